The molecule has 4 heterocycles. The first kappa shape index (κ1) is 29.5. The molecule has 3 aromatic rings. The third-order valence-corrected chi connectivity index (χ3v) is 7.58. The number of morpholine rings is 1. The molecule has 14 heteroatoms. The van der Waals surface area contributed by atoms with Crippen LogP contribution in [0.1, 0.15) is 29.8 Å². The largest absolute Gasteiger partial charge is 0.417 e. The quantitative estimate of drug-likeness (QED) is 0.435. The van der Waals surface area contributed by atoms with Crippen LogP contribution >= 0.6 is 0 Å². The second kappa shape index (κ2) is 11.7. The Labute approximate surface area is 239 Å². The van der Waals surface area contributed by atoms with Gasteiger partial charge >= 0.3 is 6.18 Å². The zero-order valence-corrected chi connectivity index (χ0v) is 23.3. The number of carbonyl (C=O) groups is 1. The number of benzene rings is 1. The minimum absolute atomic E-state index is 0.00999. The minimum atomic E-state index is -4.94. The number of anilines is 3. The number of hydrogen-bond donors (Lipinski definition) is 2. The Kier molecular flexibility index (Phi) is 8.19. The molecule has 2 aliphatic heterocycles. The van der Waals surface area contributed by atoms with Gasteiger partial charge in [-0.2, -0.15) is 13.2 Å². The molecule has 2 N–H and O–H groups in total. The van der Waals surface area contributed by atoms with E-state index in [-0.39, 0.29) is 23.4 Å². The summed E-state index contributed by atoms with van der Waals surface area (Å²) in [5.74, 6) is -1.25. The molecule has 5 rings (SSSR count). The Hall–Kier alpha value is -4.04. The molecule has 42 heavy (non-hydrogen) atoms. The number of aromatic nitrogens is 3. The van der Waals surface area contributed by atoms with Crippen LogP contribution in [0.2, 0.25) is 0 Å². The number of aromatic amines is 1. The molecule has 10 nitrogen and oxygen atoms in total. The second-order valence-electron chi connectivity index (χ2n) is 10.6. The maximum atomic E-state index is 15.7. The van der Waals surface area contributed by atoms with E-state index in [9.17, 15) is 22.8 Å². The molecule has 2 aliphatic rings. The van der Waals surface area contributed by atoms with E-state index in [1.54, 1.807) is 0 Å². The summed E-state index contributed by atoms with van der Waals surface area (Å²) in [4.78, 5) is 41.7. The number of pyridine rings is 1. The second-order valence-corrected chi connectivity index (χ2v) is 10.6. The van der Waals surface area contributed by atoms with Gasteiger partial charge < -0.3 is 29.7 Å². The van der Waals surface area contributed by atoms with Crippen LogP contribution in [0.15, 0.2) is 41.6 Å². The molecule has 0 unspecified atom stereocenters. The number of halogens is 4. The van der Waals surface area contributed by atoms with E-state index in [2.05, 4.69) is 25.2 Å². The molecule has 0 spiro atoms. The van der Waals surface area contributed by atoms with E-state index in [1.165, 1.54) is 24.5 Å². The highest BCUT2D eigenvalue weighted by Gasteiger charge is 2.36. The molecule has 1 amide bonds. The van der Waals surface area contributed by atoms with Crippen molar-refractivity contribution < 1.29 is 27.1 Å². The Bertz CT molecular complexity index is 1510. The standard InChI is InChI=1S/C28H31F4N7O3/c1-16-14-38(5-4-37(16)3)24-10-22(29)19(18-11-34-27(35-12-18)39-6-7-42-17(2)15-39)8-23(24)36-26(41)20-13-33-25(40)9-21(20)28(30,31)32/h8-13,16-17H,4-7,14-15H2,1-3H3,(H,33,40)(H,36,41)/t16-,17-/m1/s1. The van der Waals surface area contributed by atoms with Gasteiger partial charge in [0.2, 0.25) is 11.5 Å². The van der Waals surface area contributed by atoms with Gasteiger partial charge in [-0.05, 0) is 33.0 Å². The first-order valence-electron chi connectivity index (χ1n) is 13.5. The fraction of sp³-hybridized carbons (Fsp3) is 0.429. The highest BCUT2D eigenvalue weighted by molar-refractivity contribution is 6.07. The molecule has 2 fully saturated rings. The van der Waals surface area contributed by atoms with Gasteiger partial charge in [0.25, 0.3) is 5.91 Å². The van der Waals surface area contributed by atoms with Crippen LogP contribution < -0.4 is 20.7 Å². The van der Waals surface area contributed by atoms with Crippen molar-refractivity contribution in [1.82, 2.24) is 19.9 Å². The third kappa shape index (κ3) is 6.23. The fourth-order valence-corrected chi connectivity index (χ4v) is 5.12. The molecule has 0 radical (unpaired) electrons. The Morgan fingerprint density at radius 1 is 1.07 bits per heavy atom. The number of nitrogens with one attached hydrogen (secondary N) is 2. The number of amides is 1. The van der Waals surface area contributed by atoms with Crippen LogP contribution in [0.4, 0.5) is 34.9 Å². The highest BCUT2D eigenvalue weighted by atomic mass is 19.4. The van der Waals surface area contributed by atoms with E-state index >= 15 is 4.39 Å². The summed E-state index contributed by atoms with van der Waals surface area (Å²) in [6.07, 6.45) is -1.28. The van der Waals surface area contributed by atoms with Gasteiger partial charge in [-0.3, -0.25) is 9.59 Å². The Morgan fingerprint density at radius 3 is 2.48 bits per heavy atom. The zero-order valence-electron chi connectivity index (χ0n) is 23.3. The number of ether oxygens (including phenoxy) is 1. The molecule has 0 saturated carbocycles. The molecule has 0 aliphatic carbocycles. The SMILES string of the molecule is C[C@@H]1CN(c2ncc(-c3cc(NC(=O)c4c[nH]c(=O)cc4C(F)(F)F)c(N4CCN(C)[C@H](C)C4)cc3F)cn2)CCO1. The number of rotatable bonds is 5. The summed E-state index contributed by atoms with van der Waals surface area (Å²) in [6, 6.07) is 3.07. The van der Waals surface area contributed by atoms with Crippen molar-refractivity contribution in [3.05, 3.63) is 64.1 Å². The van der Waals surface area contributed by atoms with Crippen LogP contribution in [0, 0.1) is 5.82 Å². The van der Waals surface area contributed by atoms with Crippen molar-refractivity contribution in [1.29, 1.82) is 0 Å². The van der Waals surface area contributed by atoms with Crippen LogP contribution in [0.5, 0.6) is 0 Å². The smallest absolute Gasteiger partial charge is 0.375 e. The summed E-state index contributed by atoms with van der Waals surface area (Å²) in [6.45, 7) is 7.35. The fourth-order valence-electron chi connectivity index (χ4n) is 5.12. The van der Waals surface area contributed by atoms with Gasteiger partial charge in [-0.25, -0.2) is 14.4 Å². The summed E-state index contributed by atoms with van der Waals surface area (Å²) >= 11 is 0. The van der Waals surface area contributed by atoms with Crippen molar-refractivity contribution in [2.45, 2.75) is 32.2 Å². The number of likely N-dealkylation sites (N-methyl/N-ethyl adjacent to an activating group) is 1. The predicted molar refractivity (Wildman–Crippen MR) is 149 cm³/mol. The van der Waals surface area contributed by atoms with Crippen molar-refractivity contribution in [2.75, 3.05) is 61.5 Å². The molecule has 2 aromatic heterocycles. The monoisotopic (exact) mass is 589 g/mol. The lowest BCUT2D eigenvalue weighted by molar-refractivity contribution is -0.138. The van der Waals surface area contributed by atoms with E-state index in [0.717, 1.165) is 6.20 Å². The number of alkyl halides is 3. The predicted octanol–water partition coefficient (Wildman–Crippen LogP) is 3.61. The molecule has 2 saturated heterocycles. The number of hydrogen-bond acceptors (Lipinski definition) is 8. The number of nitrogens with zero attached hydrogens (tertiary/aromatic N) is 5. The maximum absolute atomic E-state index is 15.7. The van der Waals surface area contributed by atoms with Gasteiger partial charge in [0, 0.05) is 74.5 Å². The molecule has 0 bridgehead atoms. The van der Waals surface area contributed by atoms with Crippen LogP contribution in [0.25, 0.3) is 11.1 Å². The molecular formula is C28H31F4N7O3. The molecule has 2 atom stereocenters. The van der Waals surface area contributed by atoms with E-state index in [1.807, 2.05) is 30.7 Å². The zero-order chi connectivity index (χ0) is 30.2. The number of piperazine rings is 1. The third-order valence-electron chi connectivity index (χ3n) is 7.58. The first-order valence-corrected chi connectivity index (χ1v) is 13.5. The lowest BCUT2D eigenvalue weighted by atomic mass is 10.0. The van der Waals surface area contributed by atoms with Crippen molar-refractivity contribution in [3.63, 3.8) is 0 Å². The van der Waals surface area contributed by atoms with Crippen molar-refractivity contribution >= 4 is 23.2 Å². The van der Waals surface area contributed by atoms with E-state index in [4.69, 9.17) is 4.74 Å². The lowest BCUT2D eigenvalue weighted by Crippen LogP contribution is -2.50. The summed E-state index contributed by atoms with van der Waals surface area (Å²) in [7, 11) is 1.96. The first-order chi connectivity index (χ1) is 19.9. The summed E-state index contributed by atoms with van der Waals surface area (Å²) in [5, 5.41) is 2.54. The van der Waals surface area contributed by atoms with Gasteiger partial charge in [-0.15, -0.1) is 0 Å². The van der Waals surface area contributed by atoms with Gasteiger partial charge in [0.05, 0.1) is 35.2 Å². The van der Waals surface area contributed by atoms with Crippen molar-refractivity contribution in [3.8, 4) is 11.1 Å². The average molecular weight is 590 g/mol. The van der Waals surface area contributed by atoms with E-state index < -0.39 is 34.6 Å². The van der Waals surface area contributed by atoms with Gasteiger partial charge in [0.1, 0.15) is 5.82 Å². The molecule has 1 aromatic carbocycles. The maximum Gasteiger partial charge on any atom is 0.417 e. The topological polar surface area (TPSA) is 107 Å². The summed E-state index contributed by atoms with van der Waals surface area (Å²) in [5.41, 5.74) is -2.31. The van der Waals surface area contributed by atoms with Gasteiger partial charge in [-0.1, -0.05) is 0 Å². The van der Waals surface area contributed by atoms with Crippen LogP contribution in [-0.4, -0.2) is 84.3 Å². The Balaban J connectivity index is 1.52. The molecule has 224 valence electrons. The number of carbonyl (C=O) groups excluding carboxylic acids is 1. The van der Waals surface area contributed by atoms with Crippen LogP contribution in [-0.2, 0) is 10.9 Å². The Morgan fingerprint density at radius 2 is 1.81 bits per heavy atom. The lowest BCUT2D eigenvalue weighted by Gasteiger charge is -2.39. The van der Waals surface area contributed by atoms with E-state index in [0.29, 0.717) is 62.6 Å². The average Bonchev–Trinajstić information content (AvgIpc) is 2.95. The van der Waals surface area contributed by atoms with Gasteiger partial charge in [0.15, 0.2) is 0 Å². The highest BCUT2D eigenvalue weighted by Crippen LogP contribution is 2.36. The number of H-pyrrole nitrogens is 1. The molecular weight excluding hydrogens is 558 g/mol. The normalized spacial score (nSPS) is 20.1. The van der Waals surface area contributed by atoms with Crippen LogP contribution in [0.3, 0.4) is 0 Å². The van der Waals surface area contributed by atoms with Crippen molar-refractivity contribution in [2.24, 2.45) is 0 Å². The minimum Gasteiger partial charge on any atom is -0.375 e. The summed E-state index contributed by atoms with van der Waals surface area (Å²) < 4.78 is 62.3.